The van der Waals surface area contributed by atoms with Crippen molar-refractivity contribution in [1.82, 2.24) is 0 Å². The molecular weight excluding hydrogens is 443 g/mol. The lowest BCUT2D eigenvalue weighted by atomic mass is 9.70. The van der Waals surface area contributed by atoms with Gasteiger partial charge in [0.25, 0.3) is 0 Å². The predicted molar refractivity (Wildman–Crippen MR) is 148 cm³/mol. The van der Waals surface area contributed by atoms with Crippen molar-refractivity contribution in [3.05, 3.63) is 58.7 Å². The molecule has 0 saturated heterocycles. The van der Waals surface area contributed by atoms with Crippen LogP contribution in [0.5, 0.6) is 0 Å². The van der Waals surface area contributed by atoms with E-state index in [-0.39, 0.29) is 5.41 Å². The molecule has 1 aliphatic carbocycles. The summed E-state index contributed by atoms with van der Waals surface area (Å²) < 4.78 is 0. The summed E-state index contributed by atoms with van der Waals surface area (Å²) in [7, 11) is 0. The van der Waals surface area contributed by atoms with E-state index in [1.807, 2.05) is 0 Å². The lowest BCUT2D eigenvalue weighted by molar-refractivity contribution is 0.397. The molecule has 0 bridgehead atoms. The molecule has 0 saturated carbocycles. The molecule has 2 aromatic carbocycles. The molecule has 0 spiro atoms. The molecule has 2 aromatic rings. The molecule has 0 radical (unpaired) electrons. The Morgan fingerprint density at radius 2 is 0.939 bits per heavy atom. The Hall–Kier alpha value is -0.980. The zero-order chi connectivity index (χ0) is 23.5. The maximum atomic E-state index is 6.31. The zero-order valence-electron chi connectivity index (χ0n) is 21.0. The van der Waals surface area contributed by atoms with Crippen LogP contribution in [0.25, 0.3) is 11.1 Å². The van der Waals surface area contributed by atoms with Gasteiger partial charge >= 0.3 is 0 Å². The van der Waals surface area contributed by atoms with E-state index < -0.39 is 0 Å². The summed E-state index contributed by atoms with van der Waals surface area (Å²) in [5.41, 5.74) is 8.53. The van der Waals surface area contributed by atoms with E-state index in [2.05, 4.69) is 50.2 Å². The van der Waals surface area contributed by atoms with Gasteiger partial charge in [-0.1, -0.05) is 127 Å². The van der Waals surface area contributed by atoms with Crippen molar-refractivity contribution < 1.29 is 0 Å². The van der Waals surface area contributed by atoms with Crippen molar-refractivity contribution in [2.75, 3.05) is 0 Å². The van der Waals surface area contributed by atoms with E-state index in [4.69, 9.17) is 23.2 Å². The van der Waals surface area contributed by atoms with Gasteiger partial charge in [-0.05, 0) is 46.2 Å². The standard InChI is InChI=1S/C31H44Cl2/c1-3-5-7-9-11-13-19-31(20-14-12-10-8-6-4-2)29-21-25(23-32)15-17-27(29)28-18-16-26(24-33)22-30(28)31/h15-18,21-22H,3-14,19-20,23-24H2,1-2H3. The number of unbranched alkanes of at least 4 members (excludes halogenated alkanes) is 10. The first kappa shape index (κ1) is 26.6. The van der Waals surface area contributed by atoms with E-state index in [1.54, 1.807) is 0 Å². The predicted octanol–water partition coefficient (Wildman–Crippen LogP) is 10.9. The Kier molecular flexibility index (Phi) is 11.1. The molecule has 0 aromatic heterocycles. The molecule has 3 rings (SSSR count). The fraction of sp³-hybridized carbons (Fsp3) is 0.613. The number of rotatable bonds is 16. The Labute approximate surface area is 213 Å². The second kappa shape index (κ2) is 13.8. The minimum atomic E-state index is 0.115. The third-order valence-corrected chi connectivity index (χ3v) is 8.33. The summed E-state index contributed by atoms with van der Waals surface area (Å²) in [6.07, 6.45) is 18.6. The van der Waals surface area contributed by atoms with Gasteiger partial charge in [0, 0.05) is 17.2 Å². The maximum Gasteiger partial charge on any atom is 0.0474 e. The molecule has 0 unspecified atom stereocenters. The first-order valence-corrected chi connectivity index (χ1v) is 14.7. The van der Waals surface area contributed by atoms with Crippen LogP contribution in [0.4, 0.5) is 0 Å². The molecule has 0 heterocycles. The van der Waals surface area contributed by atoms with Crippen LogP contribution in [0.2, 0.25) is 0 Å². The monoisotopic (exact) mass is 486 g/mol. The maximum absolute atomic E-state index is 6.31. The molecule has 0 atom stereocenters. The summed E-state index contributed by atoms with van der Waals surface area (Å²) in [4.78, 5) is 0. The van der Waals surface area contributed by atoms with Crippen LogP contribution < -0.4 is 0 Å². The minimum Gasteiger partial charge on any atom is -0.122 e. The van der Waals surface area contributed by atoms with E-state index in [9.17, 15) is 0 Å². The van der Waals surface area contributed by atoms with Crippen molar-refractivity contribution in [3.63, 3.8) is 0 Å². The number of hydrogen-bond donors (Lipinski definition) is 0. The minimum absolute atomic E-state index is 0.115. The Bertz CT molecular complexity index is 782. The highest BCUT2D eigenvalue weighted by Gasteiger charge is 2.42. The highest BCUT2D eigenvalue weighted by Crippen LogP contribution is 2.54. The van der Waals surface area contributed by atoms with Gasteiger partial charge in [-0.15, -0.1) is 23.2 Å². The van der Waals surface area contributed by atoms with Gasteiger partial charge in [0.2, 0.25) is 0 Å². The van der Waals surface area contributed by atoms with Gasteiger partial charge in [0.1, 0.15) is 0 Å². The van der Waals surface area contributed by atoms with Crippen LogP contribution in [0.1, 0.15) is 126 Å². The van der Waals surface area contributed by atoms with Gasteiger partial charge in [-0.25, -0.2) is 0 Å². The highest BCUT2D eigenvalue weighted by molar-refractivity contribution is 6.17. The largest absolute Gasteiger partial charge is 0.122 e. The van der Waals surface area contributed by atoms with Crippen molar-refractivity contribution in [2.45, 2.75) is 121 Å². The SMILES string of the molecule is CCCCCCCCC1(CCCCCCCC)c2cc(CCl)ccc2-c2ccc(CCl)cc21. The Morgan fingerprint density at radius 3 is 1.33 bits per heavy atom. The van der Waals surface area contributed by atoms with Gasteiger partial charge in [0.05, 0.1) is 0 Å². The molecule has 33 heavy (non-hydrogen) atoms. The van der Waals surface area contributed by atoms with Crippen LogP contribution in [-0.4, -0.2) is 0 Å². The molecule has 2 heteroatoms. The van der Waals surface area contributed by atoms with Crippen molar-refractivity contribution in [3.8, 4) is 11.1 Å². The number of benzene rings is 2. The molecule has 0 amide bonds. The van der Waals surface area contributed by atoms with Crippen molar-refractivity contribution in [1.29, 1.82) is 0 Å². The van der Waals surface area contributed by atoms with Gasteiger partial charge in [-0.3, -0.25) is 0 Å². The first-order valence-electron chi connectivity index (χ1n) is 13.6. The van der Waals surface area contributed by atoms with Crippen LogP contribution >= 0.6 is 23.2 Å². The molecule has 0 N–H and O–H groups in total. The van der Waals surface area contributed by atoms with E-state index >= 15 is 0 Å². The molecule has 0 nitrogen and oxygen atoms in total. The normalized spacial score (nSPS) is 13.8. The second-order valence-corrected chi connectivity index (χ2v) is 10.7. The van der Waals surface area contributed by atoms with Crippen molar-refractivity contribution >= 4 is 23.2 Å². The van der Waals surface area contributed by atoms with E-state index in [0.717, 1.165) is 0 Å². The fourth-order valence-electron chi connectivity index (χ4n) is 5.83. The number of alkyl halides is 2. The fourth-order valence-corrected chi connectivity index (χ4v) is 6.17. The van der Waals surface area contributed by atoms with E-state index in [0.29, 0.717) is 11.8 Å². The number of halogens is 2. The molecular formula is C31H44Cl2. The second-order valence-electron chi connectivity index (χ2n) is 10.1. The Morgan fingerprint density at radius 1 is 0.545 bits per heavy atom. The smallest absolute Gasteiger partial charge is 0.0474 e. The molecule has 0 fully saturated rings. The number of hydrogen-bond acceptors (Lipinski definition) is 0. The average molecular weight is 488 g/mol. The highest BCUT2D eigenvalue weighted by atomic mass is 35.5. The summed E-state index contributed by atoms with van der Waals surface area (Å²) in [5, 5.41) is 0. The lowest BCUT2D eigenvalue weighted by Gasteiger charge is -2.33. The van der Waals surface area contributed by atoms with Crippen LogP contribution in [-0.2, 0) is 17.2 Å². The van der Waals surface area contributed by atoms with Crippen LogP contribution in [0.3, 0.4) is 0 Å². The third kappa shape index (κ3) is 6.58. The number of fused-ring (bicyclic) bond motifs is 3. The van der Waals surface area contributed by atoms with Crippen molar-refractivity contribution in [2.24, 2.45) is 0 Å². The van der Waals surface area contributed by atoms with E-state index in [1.165, 1.54) is 123 Å². The third-order valence-electron chi connectivity index (χ3n) is 7.71. The van der Waals surface area contributed by atoms with Gasteiger partial charge in [-0.2, -0.15) is 0 Å². The van der Waals surface area contributed by atoms with Gasteiger partial charge in [0.15, 0.2) is 0 Å². The molecule has 182 valence electrons. The quantitative estimate of drug-likeness (QED) is 0.163. The Balaban J connectivity index is 1.91. The summed E-state index contributed by atoms with van der Waals surface area (Å²) in [5.74, 6) is 1.17. The average Bonchev–Trinajstić information content (AvgIpc) is 3.12. The lowest BCUT2D eigenvalue weighted by Crippen LogP contribution is -2.26. The summed E-state index contributed by atoms with van der Waals surface area (Å²) in [6, 6.07) is 14.0. The molecule has 1 aliphatic rings. The zero-order valence-corrected chi connectivity index (χ0v) is 22.5. The van der Waals surface area contributed by atoms with Crippen LogP contribution in [0, 0.1) is 0 Å². The van der Waals surface area contributed by atoms with Crippen LogP contribution in [0.15, 0.2) is 36.4 Å². The summed E-state index contributed by atoms with van der Waals surface area (Å²) in [6.45, 7) is 4.59. The summed E-state index contributed by atoms with van der Waals surface area (Å²) >= 11 is 12.6. The molecule has 0 aliphatic heterocycles. The topological polar surface area (TPSA) is 0 Å². The van der Waals surface area contributed by atoms with Gasteiger partial charge < -0.3 is 0 Å². The first-order chi connectivity index (χ1) is 16.2.